The highest BCUT2D eigenvalue weighted by Gasteiger charge is 2.01. The largest absolute Gasteiger partial charge is 0.303 e. The number of hydrogen-bond acceptors (Lipinski definition) is 1. The molecule has 0 saturated heterocycles. The molecule has 0 aromatic heterocycles. The van der Waals surface area contributed by atoms with Gasteiger partial charge in [-0.1, -0.05) is 84.1 Å². The molecule has 1 unspecified atom stereocenters. The molecular weight excluding hydrogens is 256 g/mol. The van der Waals surface area contributed by atoms with Gasteiger partial charge in [0.2, 0.25) is 0 Å². The molecule has 1 heteroatoms. The molecule has 0 amide bonds. The van der Waals surface area contributed by atoms with Crippen LogP contribution in [0.2, 0.25) is 0 Å². The van der Waals surface area contributed by atoms with Gasteiger partial charge in [0.15, 0.2) is 0 Å². The van der Waals surface area contributed by atoms with E-state index in [-0.39, 0.29) is 0 Å². The van der Waals surface area contributed by atoms with Crippen LogP contribution in [0.1, 0.15) is 66.7 Å². The molecule has 0 radical (unpaired) electrons. The molecule has 0 saturated carbocycles. The molecule has 0 rings (SSSR count). The highest BCUT2D eigenvalue weighted by atomic mass is 16.1. The average molecular weight is 293 g/mol. The third kappa shape index (κ3) is 21.1. The van der Waals surface area contributed by atoms with Gasteiger partial charge in [0, 0.05) is 5.92 Å². The predicted molar refractivity (Wildman–Crippen MR) is 98.6 cm³/mol. The lowest BCUT2D eigenvalue weighted by Crippen LogP contribution is -1.98. The fraction of sp³-hybridized carbons (Fsp3) is 0.550. The first-order chi connectivity index (χ1) is 10.2. The van der Waals surface area contributed by atoms with Gasteiger partial charge in [0.1, 0.15) is 6.29 Å². The van der Waals surface area contributed by atoms with Crippen molar-refractivity contribution >= 4 is 6.29 Å². The lowest BCUT2D eigenvalue weighted by Gasteiger charge is -2.03. The summed E-state index contributed by atoms with van der Waals surface area (Å²) in [5, 5.41) is 0. The minimum atomic E-state index is 0.324. The van der Waals surface area contributed by atoms with Gasteiger partial charge in [0.25, 0.3) is 0 Å². The Morgan fingerprint density at radius 1 is 1.19 bits per heavy atom. The Labute approximate surface area is 133 Å². The minimum Gasteiger partial charge on any atom is -0.303 e. The summed E-state index contributed by atoms with van der Waals surface area (Å²) in [6.07, 6.45) is 16.2. The molecule has 0 bridgehead atoms. The maximum atomic E-state index is 10.2. The van der Waals surface area contributed by atoms with Crippen LogP contribution in [0.3, 0.4) is 0 Å². The molecule has 1 atom stereocenters. The summed E-state index contributed by atoms with van der Waals surface area (Å²) in [4.78, 5) is 10.2. The van der Waals surface area contributed by atoms with Crippen LogP contribution in [0.25, 0.3) is 0 Å². The van der Waals surface area contributed by atoms with E-state index < -0.39 is 0 Å². The second-order valence-electron chi connectivity index (χ2n) is 4.40. The van der Waals surface area contributed by atoms with Crippen molar-refractivity contribution < 1.29 is 4.79 Å². The van der Waals surface area contributed by atoms with Crippen molar-refractivity contribution in [1.29, 1.82) is 0 Å². The maximum absolute atomic E-state index is 10.2. The number of aldehydes is 1. The molecule has 0 aromatic rings. The van der Waals surface area contributed by atoms with E-state index in [9.17, 15) is 4.79 Å². The van der Waals surface area contributed by atoms with Gasteiger partial charge in [-0.2, -0.15) is 0 Å². The molecule has 0 spiro atoms. The van der Waals surface area contributed by atoms with E-state index in [0.717, 1.165) is 25.5 Å². The normalized spacial score (nSPS) is 11.6. The molecule has 0 heterocycles. The standard InChI is InChI=1S/C10H14.C8H16O.C2H6/c1-4-7-9-10(6-3)8-5-2;1-3-5-6-8(4-2)7-9;1-2/h4-8H,2-3,9H2,1H3;7-8H,3-6H2,1-2H3;1-2H3/b7-4+,10-8+;;. The van der Waals surface area contributed by atoms with E-state index in [0.29, 0.717) is 5.92 Å². The molecular formula is C20H36O. The third-order valence-electron chi connectivity index (χ3n) is 2.83. The number of hydrogen-bond donors (Lipinski definition) is 0. The summed E-state index contributed by atoms with van der Waals surface area (Å²) < 4.78 is 0. The molecule has 0 aromatic carbocycles. The Hall–Kier alpha value is -1.37. The van der Waals surface area contributed by atoms with Crippen molar-refractivity contribution in [3.05, 3.63) is 49.1 Å². The Bertz CT molecular complexity index is 284. The molecule has 122 valence electrons. The van der Waals surface area contributed by atoms with Gasteiger partial charge in [-0.25, -0.2) is 0 Å². The van der Waals surface area contributed by atoms with Crippen LogP contribution >= 0.6 is 0 Å². The van der Waals surface area contributed by atoms with E-state index in [1.807, 2.05) is 39.0 Å². The first-order valence-electron chi connectivity index (χ1n) is 8.20. The smallest absolute Gasteiger partial charge is 0.123 e. The van der Waals surface area contributed by atoms with Crippen LogP contribution in [-0.2, 0) is 4.79 Å². The predicted octanol–water partition coefficient (Wildman–Crippen LogP) is 6.68. The van der Waals surface area contributed by atoms with E-state index >= 15 is 0 Å². The first-order valence-corrected chi connectivity index (χ1v) is 8.20. The molecule has 0 aliphatic heterocycles. The zero-order chi connectivity index (χ0) is 16.9. The van der Waals surface area contributed by atoms with Gasteiger partial charge in [-0.15, -0.1) is 0 Å². The number of unbranched alkanes of at least 4 members (excludes halogenated alkanes) is 1. The highest BCUT2D eigenvalue weighted by molar-refractivity contribution is 5.53. The SMILES string of the molecule is C=C/C=C(\C=C)C/C=C/C.CC.CCCCC(C=O)CC. The minimum absolute atomic E-state index is 0.324. The second-order valence-corrected chi connectivity index (χ2v) is 4.40. The highest BCUT2D eigenvalue weighted by Crippen LogP contribution is 2.08. The maximum Gasteiger partial charge on any atom is 0.123 e. The van der Waals surface area contributed by atoms with E-state index in [4.69, 9.17) is 0 Å². The number of allylic oxidation sites excluding steroid dienone is 6. The van der Waals surface area contributed by atoms with Crippen molar-refractivity contribution in [2.45, 2.75) is 66.7 Å². The van der Waals surface area contributed by atoms with Crippen molar-refractivity contribution in [3.8, 4) is 0 Å². The van der Waals surface area contributed by atoms with Gasteiger partial charge in [-0.3, -0.25) is 0 Å². The van der Waals surface area contributed by atoms with Gasteiger partial charge in [-0.05, 0) is 31.8 Å². The lowest BCUT2D eigenvalue weighted by atomic mass is 10.0. The summed E-state index contributed by atoms with van der Waals surface area (Å²) in [5.41, 5.74) is 1.20. The number of carbonyl (C=O) groups is 1. The van der Waals surface area contributed by atoms with Gasteiger partial charge in [0.05, 0.1) is 0 Å². The van der Waals surface area contributed by atoms with E-state index in [1.165, 1.54) is 18.4 Å². The van der Waals surface area contributed by atoms with Crippen molar-refractivity contribution in [3.63, 3.8) is 0 Å². The van der Waals surface area contributed by atoms with E-state index in [1.54, 1.807) is 6.08 Å². The van der Waals surface area contributed by atoms with Crippen LogP contribution < -0.4 is 0 Å². The van der Waals surface area contributed by atoms with Crippen LogP contribution in [-0.4, -0.2) is 6.29 Å². The Morgan fingerprint density at radius 2 is 1.81 bits per heavy atom. The molecule has 0 aliphatic rings. The van der Waals surface area contributed by atoms with Crippen LogP contribution in [0.4, 0.5) is 0 Å². The zero-order valence-electron chi connectivity index (χ0n) is 14.9. The summed E-state index contributed by atoms with van der Waals surface area (Å²) >= 11 is 0. The van der Waals surface area contributed by atoms with Crippen LogP contribution in [0.15, 0.2) is 49.1 Å². The van der Waals surface area contributed by atoms with Crippen LogP contribution in [0.5, 0.6) is 0 Å². The van der Waals surface area contributed by atoms with Gasteiger partial charge >= 0.3 is 0 Å². The molecule has 1 nitrogen and oxygen atoms in total. The Kier molecular flexibility index (Phi) is 27.8. The summed E-state index contributed by atoms with van der Waals surface area (Å²) in [6, 6.07) is 0. The Morgan fingerprint density at radius 3 is 2.14 bits per heavy atom. The van der Waals surface area contributed by atoms with Crippen molar-refractivity contribution in [1.82, 2.24) is 0 Å². The summed E-state index contributed by atoms with van der Waals surface area (Å²) in [7, 11) is 0. The molecule has 0 aliphatic carbocycles. The van der Waals surface area contributed by atoms with Crippen molar-refractivity contribution in [2.24, 2.45) is 5.92 Å². The average Bonchev–Trinajstić information content (AvgIpc) is 2.55. The van der Waals surface area contributed by atoms with Crippen molar-refractivity contribution in [2.75, 3.05) is 0 Å². The quantitative estimate of drug-likeness (QED) is 0.263. The topological polar surface area (TPSA) is 17.1 Å². The fourth-order valence-electron chi connectivity index (χ4n) is 1.46. The second kappa shape index (κ2) is 23.7. The summed E-state index contributed by atoms with van der Waals surface area (Å²) in [5.74, 6) is 0.324. The first kappa shape index (κ1) is 24.6. The van der Waals surface area contributed by atoms with E-state index in [2.05, 4.69) is 33.1 Å². The monoisotopic (exact) mass is 292 g/mol. The number of rotatable bonds is 9. The fourth-order valence-corrected chi connectivity index (χ4v) is 1.46. The Balaban J connectivity index is -0.000000277. The zero-order valence-corrected chi connectivity index (χ0v) is 14.9. The molecule has 0 fully saturated rings. The molecule has 21 heavy (non-hydrogen) atoms. The lowest BCUT2D eigenvalue weighted by molar-refractivity contribution is -0.111. The third-order valence-corrected chi connectivity index (χ3v) is 2.83. The molecule has 0 N–H and O–H groups in total. The van der Waals surface area contributed by atoms with Crippen LogP contribution in [0, 0.1) is 5.92 Å². The number of carbonyl (C=O) groups excluding carboxylic acids is 1. The summed E-state index contributed by atoms with van der Waals surface area (Å²) in [6.45, 7) is 17.5. The van der Waals surface area contributed by atoms with Gasteiger partial charge < -0.3 is 4.79 Å².